The molecule has 2 aromatic rings. The lowest BCUT2D eigenvalue weighted by Crippen LogP contribution is -2.42. The van der Waals surface area contributed by atoms with Crippen LogP contribution < -0.4 is 10.6 Å². The largest absolute Gasteiger partial charge is 0.418 e. The molecule has 32 heavy (non-hydrogen) atoms. The van der Waals surface area contributed by atoms with Crippen LogP contribution in [0.2, 0.25) is 5.02 Å². The molecule has 0 aliphatic carbocycles. The summed E-state index contributed by atoms with van der Waals surface area (Å²) in [5, 5.41) is 15.0. The number of alkyl halides is 3. The van der Waals surface area contributed by atoms with E-state index in [2.05, 4.69) is 5.32 Å². The van der Waals surface area contributed by atoms with Crippen LogP contribution in [-0.4, -0.2) is 34.2 Å². The van der Waals surface area contributed by atoms with E-state index in [0.29, 0.717) is 11.0 Å². The number of nitro benzene ring substituents is 1. The SMILES string of the molecule is CC1(c2ccc([N+](=O)[O-])cc2)NC(=O)N(CC(=O)Nc2ccc(Cl)cc2C(F)(F)F)C1=O. The lowest BCUT2D eigenvalue weighted by atomic mass is 9.92. The number of nitrogens with zero attached hydrogens (tertiary/aromatic N) is 2. The Labute approximate surface area is 183 Å². The first-order valence-corrected chi connectivity index (χ1v) is 9.26. The minimum atomic E-state index is -4.80. The Morgan fingerprint density at radius 1 is 1.22 bits per heavy atom. The van der Waals surface area contributed by atoms with Gasteiger partial charge in [-0.3, -0.25) is 24.6 Å². The summed E-state index contributed by atoms with van der Waals surface area (Å²) in [7, 11) is 0. The molecule has 9 nitrogen and oxygen atoms in total. The topological polar surface area (TPSA) is 122 Å². The normalized spacial score (nSPS) is 18.5. The Hall–Kier alpha value is -3.67. The third-order valence-electron chi connectivity index (χ3n) is 4.79. The number of carbonyl (C=O) groups excluding carboxylic acids is 3. The van der Waals surface area contributed by atoms with E-state index >= 15 is 0 Å². The molecule has 2 aromatic carbocycles. The monoisotopic (exact) mass is 470 g/mol. The first-order chi connectivity index (χ1) is 14.8. The summed E-state index contributed by atoms with van der Waals surface area (Å²) in [4.78, 5) is 48.2. The van der Waals surface area contributed by atoms with Crippen molar-refractivity contribution in [3.8, 4) is 0 Å². The van der Waals surface area contributed by atoms with Gasteiger partial charge in [0.25, 0.3) is 11.6 Å². The molecule has 4 amide bonds. The summed E-state index contributed by atoms with van der Waals surface area (Å²) in [6.07, 6.45) is -4.80. The van der Waals surface area contributed by atoms with Gasteiger partial charge >= 0.3 is 12.2 Å². The third kappa shape index (κ3) is 4.35. The zero-order valence-corrected chi connectivity index (χ0v) is 17.0. The number of hydrogen-bond acceptors (Lipinski definition) is 5. The lowest BCUT2D eigenvalue weighted by Gasteiger charge is -2.22. The first kappa shape index (κ1) is 23.0. The number of halogens is 4. The van der Waals surface area contributed by atoms with E-state index in [1.165, 1.54) is 19.1 Å². The molecule has 1 aliphatic rings. The minimum absolute atomic E-state index is 0.191. The fourth-order valence-electron chi connectivity index (χ4n) is 3.15. The van der Waals surface area contributed by atoms with E-state index in [1.807, 2.05) is 5.32 Å². The van der Waals surface area contributed by atoms with Gasteiger partial charge in [-0.1, -0.05) is 11.6 Å². The summed E-state index contributed by atoms with van der Waals surface area (Å²) < 4.78 is 39.6. The Morgan fingerprint density at radius 2 is 1.84 bits per heavy atom. The number of rotatable bonds is 5. The summed E-state index contributed by atoms with van der Waals surface area (Å²) in [6.45, 7) is 0.487. The molecule has 1 atom stereocenters. The second-order valence-corrected chi connectivity index (χ2v) is 7.42. The lowest BCUT2D eigenvalue weighted by molar-refractivity contribution is -0.384. The number of hydrogen-bond donors (Lipinski definition) is 2. The van der Waals surface area contributed by atoms with Gasteiger partial charge in [0.2, 0.25) is 5.91 Å². The van der Waals surface area contributed by atoms with Gasteiger partial charge in [-0.05, 0) is 42.8 Å². The number of urea groups is 1. The van der Waals surface area contributed by atoms with Crippen molar-refractivity contribution in [1.29, 1.82) is 0 Å². The molecule has 1 heterocycles. The van der Waals surface area contributed by atoms with Crippen LogP contribution >= 0.6 is 11.6 Å². The highest BCUT2D eigenvalue weighted by Crippen LogP contribution is 2.36. The number of amides is 4. The summed E-state index contributed by atoms with van der Waals surface area (Å²) >= 11 is 5.60. The molecule has 0 aromatic heterocycles. The molecule has 1 saturated heterocycles. The van der Waals surface area contributed by atoms with Crippen LogP contribution in [0.15, 0.2) is 42.5 Å². The Morgan fingerprint density at radius 3 is 2.41 bits per heavy atom. The van der Waals surface area contributed by atoms with E-state index in [0.717, 1.165) is 24.3 Å². The van der Waals surface area contributed by atoms with Crippen molar-refractivity contribution in [2.24, 2.45) is 0 Å². The molecule has 1 unspecified atom stereocenters. The predicted octanol–water partition coefficient (Wildman–Crippen LogP) is 3.67. The van der Waals surface area contributed by atoms with E-state index in [4.69, 9.17) is 11.6 Å². The van der Waals surface area contributed by atoms with Crippen molar-refractivity contribution in [3.05, 3.63) is 68.7 Å². The average Bonchev–Trinajstić information content (AvgIpc) is 2.92. The Bertz CT molecular complexity index is 1120. The number of nitrogens with one attached hydrogen (secondary N) is 2. The van der Waals surface area contributed by atoms with Gasteiger partial charge < -0.3 is 10.6 Å². The fraction of sp³-hybridized carbons (Fsp3) is 0.211. The number of nitro groups is 1. The van der Waals surface area contributed by atoms with Crippen molar-refractivity contribution in [2.75, 3.05) is 11.9 Å². The van der Waals surface area contributed by atoms with E-state index in [-0.39, 0.29) is 16.3 Å². The van der Waals surface area contributed by atoms with Gasteiger partial charge in [0.15, 0.2) is 0 Å². The number of benzene rings is 2. The number of imide groups is 1. The van der Waals surface area contributed by atoms with Crippen molar-refractivity contribution >= 4 is 40.8 Å². The number of anilines is 1. The van der Waals surface area contributed by atoms with Gasteiger partial charge in [0, 0.05) is 17.2 Å². The molecule has 3 rings (SSSR count). The van der Waals surface area contributed by atoms with Gasteiger partial charge in [-0.2, -0.15) is 13.2 Å². The van der Waals surface area contributed by atoms with Crippen molar-refractivity contribution in [1.82, 2.24) is 10.2 Å². The van der Waals surface area contributed by atoms with E-state index < -0.39 is 52.3 Å². The van der Waals surface area contributed by atoms with Gasteiger partial charge in [0.1, 0.15) is 12.1 Å². The maximum absolute atomic E-state index is 13.2. The van der Waals surface area contributed by atoms with Gasteiger partial charge in [-0.25, -0.2) is 4.79 Å². The van der Waals surface area contributed by atoms with Gasteiger partial charge in [-0.15, -0.1) is 0 Å². The van der Waals surface area contributed by atoms with Gasteiger partial charge in [0.05, 0.1) is 16.2 Å². The summed E-state index contributed by atoms with van der Waals surface area (Å²) in [5.74, 6) is -1.90. The van der Waals surface area contributed by atoms with Crippen LogP contribution in [0.3, 0.4) is 0 Å². The predicted molar refractivity (Wildman–Crippen MR) is 106 cm³/mol. The third-order valence-corrected chi connectivity index (χ3v) is 5.03. The minimum Gasteiger partial charge on any atom is -0.324 e. The molecule has 13 heteroatoms. The fourth-order valence-corrected chi connectivity index (χ4v) is 3.32. The Balaban J connectivity index is 1.79. The maximum atomic E-state index is 13.2. The molecule has 0 radical (unpaired) electrons. The first-order valence-electron chi connectivity index (χ1n) is 8.88. The molecule has 1 fully saturated rings. The molecular weight excluding hydrogens is 457 g/mol. The summed E-state index contributed by atoms with van der Waals surface area (Å²) in [5.41, 5.74) is -3.40. The van der Waals surface area contributed by atoms with Crippen molar-refractivity contribution in [3.63, 3.8) is 0 Å². The van der Waals surface area contributed by atoms with Crippen molar-refractivity contribution < 1.29 is 32.5 Å². The molecule has 0 saturated carbocycles. The smallest absolute Gasteiger partial charge is 0.324 e. The highest BCUT2D eigenvalue weighted by molar-refractivity contribution is 6.30. The quantitative estimate of drug-likeness (QED) is 0.392. The van der Waals surface area contributed by atoms with Crippen LogP contribution in [0.5, 0.6) is 0 Å². The molecule has 0 spiro atoms. The van der Waals surface area contributed by atoms with Crippen LogP contribution in [0.4, 0.5) is 29.3 Å². The molecule has 0 bridgehead atoms. The zero-order chi connectivity index (χ0) is 23.8. The van der Waals surface area contributed by atoms with Crippen LogP contribution in [0.25, 0.3) is 0 Å². The summed E-state index contributed by atoms with van der Waals surface area (Å²) in [6, 6.07) is 6.64. The molecular formula is C19H14ClF3N4O5. The van der Waals surface area contributed by atoms with Crippen LogP contribution in [-0.2, 0) is 21.3 Å². The maximum Gasteiger partial charge on any atom is 0.418 e. The van der Waals surface area contributed by atoms with E-state index in [9.17, 15) is 37.7 Å². The van der Waals surface area contributed by atoms with Crippen molar-refractivity contribution in [2.45, 2.75) is 18.6 Å². The molecule has 1 aliphatic heterocycles. The van der Waals surface area contributed by atoms with Crippen LogP contribution in [0.1, 0.15) is 18.1 Å². The second kappa shape index (κ2) is 8.11. The number of non-ortho nitro benzene ring substituents is 1. The second-order valence-electron chi connectivity index (χ2n) is 6.99. The van der Waals surface area contributed by atoms with Crippen LogP contribution in [0, 0.1) is 10.1 Å². The highest BCUT2D eigenvalue weighted by Gasteiger charge is 2.49. The zero-order valence-electron chi connectivity index (χ0n) is 16.2. The number of carbonyl (C=O) groups is 3. The molecule has 168 valence electrons. The Kier molecular flexibility index (Phi) is 5.83. The van der Waals surface area contributed by atoms with E-state index in [1.54, 1.807) is 0 Å². The standard InChI is InChI=1S/C19H14ClF3N4O5/c1-18(10-2-5-12(6-3-10)27(31)32)16(29)26(17(30)25-18)9-15(28)24-14-7-4-11(20)8-13(14)19(21,22)23/h2-8H,9H2,1H3,(H,24,28)(H,25,30). The highest BCUT2D eigenvalue weighted by atomic mass is 35.5. The molecule has 2 N–H and O–H groups in total. The average molecular weight is 471 g/mol.